The van der Waals surface area contributed by atoms with Gasteiger partial charge in [-0.25, -0.2) is 8.42 Å². The van der Waals surface area contributed by atoms with Crippen molar-refractivity contribution in [2.45, 2.75) is 18.4 Å². The van der Waals surface area contributed by atoms with Crippen LogP contribution in [-0.2, 0) is 26.1 Å². The highest BCUT2D eigenvalue weighted by molar-refractivity contribution is 7.92. The van der Waals surface area contributed by atoms with Crippen LogP contribution in [0.5, 0.6) is 0 Å². The summed E-state index contributed by atoms with van der Waals surface area (Å²) in [7, 11) is -2.56. The van der Waals surface area contributed by atoms with Crippen molar-refractivity contribution in [3.8, 4) is 0 Å². The number of rotatable bonds is 8. The molecule has 0 aliphatic carbocycles. The summed E-state index contributed by atoms with van der Waals surface area (Å²) >= 11 is 0. The van der Waals surface area contributed by atoms with E-state index in [1.807, 2.05) is 49.4 Å². The lowest BCUT2D eigenvalue weighted by atomic mass is 10.1. The number of aryl methyl sites for hydroxylation is 1. The molecule has 166 valence electrons. The zero-order chi connectivity index (χ0) is 23.1. The summed E-state index contributed by atoms with van der Waals surface area (Å²) in [5.41, 5.74) is 2.40. The van der Waals surface area contributed by atoms with Gasteiger partial charge in [0.05, 0.1) is 17.7 Å². The van der Waals surface area contributed by atoms with E-state index in [0.29, 0.717) is 5.69 Å². The van der Waals surface area contributed by atoms with Crippen LogP contribution in [0.3, 0.4) is 0 Å². The molecule has 3 aromatic rings. The molecule has 1 N–H and O–H groups in total. The Morgan fingerprint density at radius 2 is 1.53 bits per heavy atom. The van der Waals surface area contributed by atoms with E-state index in [-0.39, 0.29) is 23.5 Å². The van der Waals surface area contributed by atoms with Crippen LogP contribution in [0.15, 0.2) is 83.8 Å². The smallest absolute Gasteiger partial charge is 0.325 e. The first-order valence-electron chi connectivity index (χ1n) is 9.88. The van der Waals surface area contributed by atoms with Gasteiger partial charge in [0.25, 0.3) is 15.9 Å². The maximum atomic E-state index is 13.1. The molecule has 0 aliphatic rings. The molecule has 0 aromatic heterocycles. The summed E-state index contributed by atoms with van der Waals surface area (Å²) in [4.78, 5) is 26.3. The van der Waals surface area contributed by atoms with Crippen LogP contribution in [0.4, 0.5) is 5.69 Å². The lowest BCUT2D eigenvalue weighted by molar-refractivity contribution is -0.141. The number of amides is 1. The molecule has 0 saturated heterocycles. The highest BCUT2D eigenvalue weighted by Crippen LogP contribution is 2.20. The molecule has 0 fully saturated rings. The summed E-state index contributed by atoms with van der Waals surface area (Å²) in [6, 6.07) is 21.9. The quantitative estimate of drug-likeness (QED) is 0.527. The fourth-order valence-corrected chi connectivity index (χ4v) is 4.20. The van der Waals surface area contributed by atoms with Crippen molar-refractivity contribution in [2.24, 2.45) is 0 Å². The lowest BCUT2D eigenvalue weighted by Gasteiger charge is -2.22. The molecule has 3 aromatic carbocycles. The number of hydrogen-bond donors (Lipinski definition) is 1. The Kier molecular flexibility index (Phi) is 7.27. The first-order chi connectivity index (χ1) is 15.3. The summed E-state index contributed by atoms with van der Waals surface area (Å²) < 4.78 is 32.7. The van der Waals surface area contributed by atoms with Crippen molar-refractivity contribution in [3.05, 3.63) is 95.6 Å². The fourth-order valence-electron chi connectivity index (χ4n) is 3.07. The topological polar surface area (TPSA) is 92.8 Å². The van der Waals surface area contributed by atoms with E-state index in [1.165, 1.54) is 36.3 Å². The highest BCUT2D eigenvalue weighted by atomic mass is 32.2. The Morgan fingerprint density at radius 3 is 2.16 bits per heavy atom. The summed E-state index contributed by atoms with van der Waals surface area (Å²) in [6.07, 6.45) is 0. The standard InChI is InChI=1S/C24H24N2O5S/c1-18-8-6-7-11-22(18)25-32(29,30)21-14-12-20(13-15-21)24(28)26(17-23(27)31-2)16-19-9-4-3-5-10-19/h3-15,25H,16-17H2,1-2H3. The van der Waals surface area contributed by atoms with E-state index in [1.54, 1.807) is 12.1 Å². The summed E-state index contributed by atoms with van der Waals surface area (Å²) in [5, 5.41) is 0. The number of nitrogens with zero attached hydrogens (tertiary/aromatic N) is 1. The Hall–Kier alpha value is -3.65. The number of methoxy groups -OCH3 is 1. The van der Waals surface area contributed by atoms with Gasteiger partial charge in [-0.15, -0.1) is 0 Å². The number of anilines is 1. The van der Waals surface area contributed by atoms with Crippen molar-refractivity contribution in [1.82, 2.24) is 4.90 Å². The molecular weight excluding hydrogens is 428 g/mol. The Morgan fingerprint density at radius 1 is 0.906 bits per heavy atom. The van der Waals surface area contributed by atoms with Gasteiger partial charge in [-0.2, -0.15) is 0 Å². The monoisotopic (exact) mass is 452 g/mol. The molecule has 0 radical (unpaired) electrons. The van der Waals surface area contributed by atoms with Crippen molar-refractivity contribution in [1.29, 1.82) is 0 Å². The third-order valence-electron chi connectivity index (χ3n) is 4.85. The van der Waals surface area contributed by atoms with E-state index in [0.717, 1.165) is 11.1 Å². The first kappa shape index (κ1) is 23.0. The summed E-state index contributed by atoms with van der Waals surface area (Å²) in [6.45, 7) is 1.80. The number of carbonyl (C=O) groups is 2. The Bertz CT molecular complexity index is 1190. The minimum atomic E-state index is -3.82. The van der Waals surface area contributed by atoms with Crippen molar-refractivity contribution in [2.75, 3.05) is 18.4 Å². The number of benzene rings is 3. The van der Waals surface area contributed by atoms with Gasteiger partial charge in [-0.05, 0) is 48.4 Å². The van der Waals surface area contributed by atoms with Gasteiger partial charge in [0, 0.05) is 12.1 Å². The van der Waals surface area contributed by atoms with Gasteiger partial charge in [-0.3, -0.25) is 14.3 Å². The molecule has 1 amide bonds. The molecule has 3 rings (SSSR count). The third kappa shape index (κ3) is 5.73. The van der Waals surface area contributed by atoms with Gasteiger partial charge in [0.1, 0.15) is 6.54 Å². The molecule has 0 bridgehead atoms. The fraction of sp³-hybridized carbons (Fsp3) is 0.167. The van der Waals surface area contributed by atoms with Gasteiger partial charge in [-0.1, -0.05) is 48.5 Å². The predicted octanol–water partition coefficient (Wildman–Crippen LogP) is 3.61. The predicted molar refractivity (Wildman–Crippen MR) is 122 cm³/mol. The van der Waals surface area contributed by atoms with E-state index >= 15 is 0 Å². The second kappa shape index (κ2) is 10.1. The minimum Gasteiger partial charge on any atom is -0.468 e. The molecule has 0 spiro atoms. The van der Waals surface area contributed by atoms with Crippen LogP contribution in [0.2, 0.25) is 0 Å². The number of nitrogens with one attached hydrogen (secondary N) is 1. The molecule has 0 unspecified atom stereocenters. The van der Waals surface area contributed by atoms with E-state index in [4.69, 9.17) is 4.74 Å². The second-order valence-electron chi connectivity index (χ2n) is 7.17. The third-order valence-corrected chi connectivity index (χ3v) is 6.23. The zero-order valence-electron chi connectivity index (χ0n) is 17.8. The van der Waals surface area contributed by atoms with Crippen molar-refractivity contribution < 1.29 is 22.7 Å². The van der Waals surface area contributed by atoms with Crippen molar-refractivity contribution in [3.63, 3.8) is 0 Å². The van der Waals surface area contributed by atoms with Crippen LogP contribution in [0.1, 0.15) is 21.5 Å². The molecule has 0 saturated carbocycles. The molecule has 0 heterocycles. The van der Waals surface area contributed by atoms with Crippen LogP contribution in [0, 0.1) is 6.92 Å². The Labute approximate surface area is 187 Å². The highest BCUT2D eigenvalue weighted by Gasteiger charge is 2.21. The van der Waals surface area contributed by atoms with E-state index in [9.17, 15) is 18.0 Å². The first-order valence-corrected chi connectivity index (χ1v) is 11.4. The maximum Gasteiger partial charge on any atom is 0.325 e. The SMILES string of the molecule is COC(=O)CN(Cc1ccccc1)C(=O)c1ccc(S(=O)(=O)Nc2ccccc2C)cc1. The zero-order valence-corrected chi connectivity index (χ0v) is 18.6. The lowest BCUT2D eigenvalue weighted by Crippen LogP contribution is -2.35. The van der Waals surface area contributed by atoms with Crippen LogP contribution in [0.25, 0.3) is 0 Å². The average molecular weight is 453 g/mol. The van der Waals surface area contributed by atoms with Gasteiger partial charge >= 0.3 is 5.97 Å². The van der Waals surface area contributed by atoms with Crippen LogP contribution >= 0.6 is 0 Å². The molecule has 0 atom stereocenters. The summed E-state index contributed by atoms with van der Waals surface area (Å²) in [5.74, 6) is -0.953. The average Bonchev–Trinajstić information content (AvgIpc) is 2.80. The molecule has 8 heteroatoms. The maximum absolute atomic E-state index is 13.1. The number of ether oxygens (including phenoxy) is 1. The van der Waals surface area contributed by atoms with Gasteiger partial charge in [0.15, 0.2) is 0 Å². The van der Waals surface area contributed by atoms with E-state index < -0.39 is 21.9 Å². The van der Waals surface area contributed by atoms with E-state index in [2.05, 4.69) is 4.72 Å². The largest absolute Gasteiger partial charge is 0.468 e. The molecule has 0 aliphatic heterocycles. The normalized spacial score (nSPS) is 10.9. The van der Waals surface area contributed by atoms with Gasteiger partial charge < -0.3 is 9.64 Å². The van der Waals surface area contributed by atoms with Gasteiger partial charge in [0.2, 0.25) is 0 Å². The molecule has 32 heavy (non-hydrogen) atoms. The van der Waals surface area contributed by atoms with Crippen LogP contribution < -0.4 is 4.72 Å². The minimum absolute atomic E-state index is 0.0277. The second-order valence-corrected chi connectivity index (χ2v) is 8.85. The number of esters is 1. The number of hydrogen-bond acceptors (Lipinski definition) is 5. The van der Waals surface area contributed by atoms with Crippen LogP contribution in [-0.4, -0.2) is 38.8 Å². The Balaban J connectivity index is 1.81. The number of carbonyl (C=O) groups excluding carboxylic acids is 2. The van der Waals surface area contributed by atoms with Crippen molar-refractivity contribution >= 4 is 27.6 Å². The molecular formula is C24H24N2O5S. The number of para-hydroxylation sites is 1. The number of sulfonamides is 1. The molecule has 7 nitrogen and oxygen atoms in total.